The van der Waals surface area contributed by atoms with Gasteiger partial charge in [-0.3, -0.25) is 4.79 Å². The van der Waals surface area contributed by atoms with E-state index in [9.17, 15) is 4.79 Å². The first-order chi connectivity index (χ1) is 11.8. The normalized spacial score (nSPS) is 20.9. The van der Waals surface area contributed by atoms with Crippen molar-refractivity contribution in [1.82, 2.24) is 0 Å². The molecule has 3 heteroatoms. The Morgan fingerprint density at radius 2 is 1.29 bits per heavy atom. The predicted octanol–water partition coefficient (Wildman–Crippen LogP) is 6.05. The smallest absolute Gasteiger partial charge is 0.308 e. The van der Waals surface area contributed by atoms with Crippen molar-refractivity contribution >= 4 is 5.97 Å². The van der Waals surface area contributed by atoms with E-state index in [0.29, 0.717) is 12.7 Å². The molecule has 0 atom stereocenters. The number of carbonyl (C=O) groups is 1. The molecule has 1 rings (SSSR count). The van der Waals surface area contributed by atoms with E-state index in [4.69, 9.17) is 9.47 Å². The monoisotopic (exact) mass is 340 g/mol. The van der Waals surface area contributed by atoms with Crippen molar-refractivity contribution < 1.29 is 14.3 Å². The average molecular weight is 341 g/mol. The molecular formula is C21H40O3. The summed E-state index contributed by atoms with van der Waals surface area (Å²) in [5, 5.41) is 0. The number of rotatable bonds is 14. The molecule has 0 spiro atoms. The molecule has 0 radical (unpaired) electrons. The summed E-state index contributed by atoms with van der Waals surface area (Å²) in [6.07, 6.45) is 18.7. The lowest BCUT2D eigenvalue weighted by Gasteiger charge is -2.26. The van der Waals surface area contributed by atoms with Gasteiger partial charge in [0.1, 0.15) is 0 Å². The minimum absolute atomic E-state index is 0.0247. The molecule has 0 heterocycles. The lowest BCUT2D eigenvalue weighted by Crippen LogP contribution is -2.27. The Kier molecular flexibility index (Phi) is 13.2. The molecule has 0 saturated heterocycles. The van der Waals surface area contributed by atoms with Gasteiger partial charge < -0.3 is 9.47 Å². The van der Waals surface area contributed by atoms with Gasteiger partial charge in [-0.05, 0) is 32.1 Å². The van der Waals surface area contributed by atoms with Crippen LogP contribution >= 0.6 is 0 Å². The molecule has 1 aliphatic rings. The number of ether oxygens (including phenoxy) is 2. The molecule has 0 aromatic heterocycles. The Morgan fingerprint density at radius 1 is 0.792 bits per heavy atom. The molecule has 0 aromatic rings. The molecule has 0 amide bonds. The first-order valence-electron chi connectivity index (χ1n) is 10.5. The summed E-state index contributed by atoms with van der Waals surface area (Å²) >= 11 is 0. The van der Waals surface area contributed by atoms with Crippen LogP contribution in [0, 0.1) is 5.92 Å². The van der Waals surface area contributed by atoms with E-state index in [0.717, 1.165) is 32.1 Å². The van der Waals surface area contributed by atoms with Crippen LogP contribution in [0.3, 0.4) is 0 Å². The molecule has 0 bridgehead atoms. The second-order valence-electron chi connectivity index (χ2n) is 7.41. The third-order valence-electron chi connectivity index (χ3n) is 5.33. The summed E-state index contributed by atoms with van der Waals surface area (Å²) in [4.78, 5) is 12.0. The van der Waals surface area contributed by atoms with Crippen LogP contribution in [0.5, 0.6) is 0 Å². The van der Waals surface area contributed by atoms with Crippen LogP contribution < -0.4 is 0 Å². The van der Waals surface area contributed by atoms with Crippen molar-refractivity contribution in [2.24, 2.45) is 5.92 Å². The van der Waals surface area contributed by atoms with Crippen LogP contribution in [0.1, 0.15) is 103 Å². The van der Waals surface area contributed by atoms with Gasteiger partial charge in [0.2, 0.25) is 0 Å². The van der Waals surface area contributed by atoms with Crippen molar-refractivity contribution in [3.05, 3.63) is 0 Å². The molecule has 0 aromatic carbocycles. The van der Waals surface area contributed by atoms with Crippen molar-refractivity contribution in [3.63, 3.8) is 0 Å². The summed E-state index contributed by atoms with van der Waals surface area (Å²) in [7, 11) is 1.76. The molecule has 3 nitrogen and oxygen atoms in total. The minimum atomic E-state index is 0.0247. The van der Waals surface area contributed by atoms with Gasteiger partial charge in [0.05, 0.1) is 18.6 Å². The zero-order valence-corrected chi connectivity index (χ0v) is 16.2. The number of methoxy groups -OCH3 is 1. The molecule has 0 N–H and O–H groups in total. The fourth-order valence-corrected chi connectivity index (χ4v) is 3.59. The topological polar surface area (TPSA) is 35.5 Å². The van der Waals surface area contributed by atoms with Crippen molar-refractivity contribution in [1.29, 1.82) is 0 Å². The molecule has 24 heavy (non-hydrogen) atoms. The second-order valence-corrected chi connectivity index (χ2v) is 7.41. The standard InChI is InChI=1S/C21H40O3/c1-3-4-5-6-7-8-9-10-11-12-13-18-24-21(22)19-14-16-20(23-2)17-15-19/h19-20H,3-18H2,1-2H3. The molecule has 1 aliphatic carbocycles. The fraction of sp³-hybridized carbons (Fsp3) is 0.952. The fourth-order valence-electron chi connectivity index (χ4n) is 3.59. The third-order valence-corrected chi connectivity index (χ3v) is 5.33. The Morgan fingerprint density at radius 3 is 1.79 bits per heavy atom. The summed E-state index contributed by atoms with van der Waals surface area (Å²) in [6.45, 7) is 2.88. The maximum Gasteiger partial charge on any atom is 0.308 e. The lowest BCUT2D eigenvalue weighted by atomic mass is 9.87. The SMILES string of the molecule is CCCCCCCCCCCCCOC(=O)C1CCC(OC)CC1. The first kappa shape index (κ1) is 21.5. The number of unbranched alkanes of at least 4 members (excludes halogenated alkanes) is 10. The lowest BCUT2D eigenvalue weighted by molar-refractivity contribution is -0.150. The van der Waals surface area contributed by atoms with E-state index in [2.05, 4.69) is 6.92 Å². The molecule has 1 saturated carbocycles. The van der Waals surface area contributed by atoms with Gasteiger partial charge in [-0.2, -0.15) is 0 Å². The highest BCUT2D eigenvalue weighted by molar-refractivity contribution is 5.72. The number of hydrogen-bond donors (Lipinski definition) is 0. The van der Waals surface area contributed by atoms with E-state index in [1.54, 1.807) is 7.11 Å². The summed E-state index contributed by atoms with van der Waals surface area (Å²) in [6, 6.07) is 0. The Hall–Kier alpha value is -0.570. The van der Waals surface area contributed by atoms with Gasteiger partial charge in [-0.15, -0.1) is 0 Å². The largest absolute Gasteiger partial charge is 0.465 e. The van der Waals surface area contributed by atoms with E-state index < -0.39 is 0 Å². The van der Waals surface area contributed by atoms with Gasteiger partial charge in [0, 0.05) is 7.11 Å². The number of carbonyl (C=O) groups excluding carboxylic acids is 1. The zero-order valence-electron chi connectivity index (χ0n) is 16.2. The highest BCUT2D eigenvalue weighted by Crippen LogP contribution is 2.26. The summed E-state index contributed by atoms with van der Waals surface area (Å²) in [5.74, 6) is 0.140. The Bertz CT molecular complexity index is 295. The predicted molar refractivity (Wildman–Crippen MR) is 100 cm³/mol. The Balaban J connectivity index is 1.84. The zero-order chi connectivity index (χ0) is 17.5. The second kappa shape index (κ2) is 14.7. The highest BCUT2D eigenvalue weighted by atomic mass is 16.5. The van der Waals surface area contributed by atoms with Crippen molar-refractivity contribution in [2.45, 2.75) is 109 Å². The van der Waals surface area contributed by atoms with E-state index in [-0.39, 0.29) is 11.9 Å². The minimum Gasteiger partial charge on any atom is -0.465 e. The van der Waals surface area contributed by atoms with Crippen molar-refractivity contribution in [2.75, 3.05) is 13.7 Å². The quantitative estimate of drug-likeness (QED) is 0.285. The van der Waals surface area contributed by atoms with E-state index in [1.165, 1.54) is 64.2 Å². The van der Waals surface area contributed by atoms with Crippen LogP contribution in [0.15, 0.2) is 0 Å². The van der Waals surface area contributed by atoms with E-state index in [1.807, 2.05) is 0 Å². The van der Waals surface area contributed by atoms with Crippen LogP contribution in [0.2, 0.25) is 0 Å². The molecule has 0 unspecified atom stereocenters. The molecule has 1 fully saturated rings. The van der Waals surface area contributed by atoms with Crippen LogP contribution in [0.4, 0.5) is 0 Å². The maximum absolute atomic E-state index is 12.0. The van der Waals surface area contributed by atoms with Gasteiger partial charge in [0.15, 0.2) is 0 Å². The highest BCUT2D eigenvalue weighted by Gasteiger charge is 2.27. The van der Waals surface area contributed by atoms with Gasteiger partial charge in [-0.1, -0.05) is 71.1 Å². The Labute approximate surface area is 149 Å². The number of esters is 1. The first-order valence-corrected chi connectivity index (χ1v) is 10.5. The summed E-state index contributed by atoms with van der Waals surface area (Å²) < 4.78 is 10.8. The number of hydrogen-bond acceptors (Lipinski definition) is 3. The molecule has 0 aliphatic heterocycles. The van der Waals surface area contributed by atoms with Crippen LogP contribution in [0.25, 0.3) is 0 Å². The maximum atomic E-state index is 12.0. The summed E-state index contributed by atoms with van der Waals surface area (Å²) in [5.41, 5.74) is 0. The third kappa shape index (κ3) is 10.3. The molecule has 142 valence electrons. The average Bonchev–Trinajstić information content (AvgIpc) is 2.62. The molecular weight excluding hydrogens is 300 g/mol. The van der Waals surface area contributed by atoms with Gasteiger partial charge >= 0.3 is 5.97 Å². The van der Waals surface area contributed by atoms with Gasteiger partial charge in [-0.25, -0.2) is 0 Å². The van der Waals surface area contributed by atoms with E-state index >= 15 is 0 Å². The van der Waals surface area contributed by atoms with Crippen LogP contribution in [-0.2, 0) is 14.3 Å². The van der Waals surface area contributed by atoms with Crippen molar-refractivity contribution in [3.8, 4) is 0 Å². The van der Waals surface area contributed by atoms with Crippen LogP contribution in [-0.4, -0.2) is 25.8 Å². The van der Waals surface area contributed by atoms with Gasteiger partial charge in [0.25, 0.3) is 0 Å².